The predicted octanol–water partition coefficient (Wildman–Crippen LogP) is 4.74. The van der Waals surface area contributed by atoms with Gasteiger partial charge in [-0.15, -0.1) is 28.1 Å². The highest BCUT2D eigenvalue weighted by Crippen LogP contribution is 2.31. The number of carbonyl (C=O) groups excluding carboxylic acids is 1. The Kier molecular flexibility index (Phi) is 6.47. The van der Waals surface area contributed by atoms with Crippen molar-refractivity contribution in [2.45, 2.75) is 25.0 Å². The first-order valence-corrected chi connectivity index (χ1v) is 10.4. The van der Waals surface area contributed by atoms with Crippen LogP contribution >= 0.6 is 23.1 Å². The summed E-state index contributed by atoms with van der Waals surface area (Å²) in [6.07, 6.45) is 2.74. The molecule has 0 aliphatic heterocycles. The van der Waals surface area contributed by atoms with E-state index in [9.17, 15) is 4.79 Å². The van der Waals surface area contributed by atoms with Crippen LogP contribution in [0.2, 0.25) is 0 Å². The fraction of sp³-hybridized carbons (Fsp3) is 0.250. The number of para-hydroxylation sites is 1. The summed E-state index contributed by atoms with van der Waals surface area (Å²) in [5, 5.41) is 9.33. The number of methoxy groups -OCH3 is 1. The van der Waals surface area contributed by atoms with Crippen LogP contribution in [0.5, 0.6) is 5.75 Å². The molecule has 2 aromatic heterocycles. The molecule has 3 aromatic rings. The summed E-state index contributed by atoms with van der Waals surface area (Å²) >= 11 is 2.95. The van der Waals surface area contributed by atoms with Crippen LogP contribution in [0.15, 0.2) is 54.2 Å². The third-order valence-electron chi connectivity index (χ3n) is 3.99. The fourth-order valence-corrected chi connectivity index (χ4v) is 4.44. The second-order valence-electron chi connectivity index (χ2n) is 5.74. The molecule has 27 heavy (non-hydrogen) atoms. The van der Waals surface area contributed by atoms with Crippen LogP contribution in [-0.4, -0.2) is 33.4 Å². The first-order valence-electron chi connectivity index (χ1n) is 8.60. The molecule has 0 fully saturated rings. The van der Waals surface area contributed by atoms with Gasteiger partial charge in [0.05, 0.1) is 23.3 Å². The average molecular weight is 400 g/mol. The normalized spacial score (nSPS) is 10.7. The third kappa shape index (κ3) is 4.31. The van der Waals surface area contributed by atoms with Crippen molar-refractivity contribution in [1.82, 2.24) is 14.8 Å². The number of rotatable bonds is 9. The molecule has 0 bridgehead atoms. The Morgan fingerprint density at radius 2 is 2.11 bits per heavy atom. The van der Waals surface area contributed by atoms with Crippen molar-refractivity contribution in [2.75, 3.05) is 12.9 Å². The monoisotopic (exact) mass is 399 g/mol. The number of hydrogen-bond donors (Lipinski definition) is 0. The van der Waals surface area contributed by atoms with Gasteiger partial charge >= 0.3 is 0 Å². The molecule has 5 nitrogen and oxygen atoms in total. The number of aryl methyl sites for hydroxylation is 1. The average Bonchev–Trinajstić information content (AvgIpc) is 3.33. The van der Waals surface area contributed by atoms with E-state index < -0.39 is 0 Å². The van der Waals surface area contributed by atoms with E-state index in [2.05, 4.69) is 23.7 Å². The fourth-order valence-electron chi connectivity index (χ4n) is 2.64. The summed E-state index contributed by atoms with van der Waals surface area (Å²) in [6.45, 7) is 6.47. The number of hydrogen-bond acceptors (Lipinski definition) is 6. The van der Waals surface area contributed by atoms with Gasteiger partial charge < -0.3 is 4.74 Å². The van der Waals surface area contributed by atoms with Gasteiger partial charge in [-0.2, -0.15) is 0 Å². The molecule has 7 heteroatoms. The van der Waals surface area contributed by atoms with Gasteiger partial charge in [-0.1, -0.05) is 36.9 Å². The SMILES string of the molecule is C=CCn1c(SCC(=O)c2ccc(CC)s2)nnc1-c1ccccc1OC. The third-order valence-corrected chi connectivity index (χ3v) is 6.23. The summed E-state index contributed by atoms with van der Waals surface area (Å²) in [7, 11) is 1.63. The molecule has 0 atom stereocenters. The highest BCUT2D eigenvalue weighted by molar-refractivity contribution is 7.99. The molecule has 0 N–H and O–H groups in total. The number of allylic oxidation sites excluding steroid dienone is 1. The molecule has 0 radical (unpaired) electrons. The molecule has 0 saturated heterocycles. The van der Waals surface area contributed by atoms with Crippen LogP contribution in [0.1, 0.15) is 21.5 Å². The van der Waals surface area contributed by atoms with Gasteiger partial charge in [0.25, 0.3) is 0 Å². The largest absolute Gasteiger partial charge is 0.496 e. The Bertz CT molecular complexity index is 946. The molecule has 3 rings (SSSR count). The summed E-state index contributed by atoms with van der Waals surface area (Å²) in [4.78, 5) is 14.5. The lowest BCUT2D eigenvalue weighted by Crippen LogP contribution is -2.04. The van der Waals surface area contributed by atoms with E-state index in [0.717, 1.165) is 22.6 Å². The first-order chi connectivity index (χ1) is 13.2. The molecule has 0 unspecified atom stereocenters. The summed E-state index contributed by atoms with van der Waals surface area (Å²) in [5.41, 5.74) is 0.860. The van der Waals surface area contributed by atoms with Gasteiger partial charge in [0.15, 0.2) is 16.8 Å². The highest BCUT2D eigenvalue weighted by atomic mass is 32.2. The van der Waals surface area contributed by atoms with Gasteiger partial charge in [-0.25, -0.2) is 0 Å². The van der Waals surface area contributed by atoms with Crippen LogP contribution in [0.4, 0.5) is 0 Å². The topological polar surface area (TPSA) is 57.0 Å². The zero-order valence-electron chi connectivity index (χ0n) is 15.3. The second-order valence-corrected chi connectivity index (χ2v) is 7.85. The molecule has 1 aromatic carbocycles. The molecular formula is C20H21N3O2S2. The number of carbonyl (C=O) groups is 1. The standard InChI is InChI=1S/C20H21N3O2S2/c1-4-12-23-19(15-8-6-7-9-17(15)25-3)21-22-20(23)26-13-16(24)18-11-10-14(5-2)27-18/h4,6-11H,1,5,12-13H2,2-3H3. The van der Waals surface area contributed by atoms with Crippen LogP contribution in [-0.2, 0) is 13.0 Å². The Hall–Kier alpha value is -2.38. The van der Waals surface area contributed by atoms with Crippen molar-refractivity contribution < 1.29 is 9.53 Å². The van der Waals surface area contributed by atoms with E-state index in [4.69, 9.17) is 4.74 Å². The van der Waals surface area contributed by atoms with Gasteiger partial charge in [0, 0.05) is 11.4 Å². The summed E-state index contributed by atoms with van der Waals surface area (Å²) in [6, 6.07) is 11.6. The maximum atomic E-state index is 12.5. The number of ether oxygens (including phenoxy) is 1. The molecule has 0 aliphatic rings. The first kappa shape index (κ1) is 19.4. The second kappa shape index (κ2) is 9.01. The number of nitrogens with zero attached hydrogens (tertiary/aromatic N) is 3. The van der Waals surface area contributed by atoms with Crippen molar-refractivity contribution in [3.05, 3.63) is 58.8 Å². The Morgan fingerprint density at radius 1 is 1.30 bits per heavy atom. The Morgan fingerprint density at radius 3 is 2.81 bits per heavy atom. The van der Waals surface area contributed by atoms with E-state index in [1.54, 1.807) is 24.5 Å². The summed E-state index contributed by atoms with van der Waals surface area (Å²) < 4.78 is 7.40. The van der Waals surface area contributed by atoms with E-state index in [-0.39, 0.29) is 5.78 Å². The van der Waals surface area contributed by atoms with Gasteiger partial charge in [0.2, 0.25) is 0 Å². The highest BCUT2D eigenvalue weighted by Gasteiger charge is 2.18. The maximum absolute atomic E-state index is 12.5. The molecule has 2 heterocycles. The van der Waals surface area contributed by atoms with Crippen molar-refractivity contribution in [2.24, 2.45) is 0 Å². The van der Waals surface area contributed by atoms with Crippen LogP contribution < -0.4 is 4.74 Å². The summed E-state index contributed by atoms with van der Waals surface area (Å²) in [5.74, 6) is 1.86. The maximum Gasteiger partial charge on any atom is 0.192 e. The lowest BCUT2D eigenvalue weighted by Gasteiger charge is -2.10. The van der Waals surface area contributed by atoms with Crippen molar-refractivity contribution in [3.63, 3.8) is 0 Å². The van der Waals surface area contributed by atoms with E-state index >= 15 is 0 Å². The Labute approximate surface area is 167 Å². The van der Waals surface area contributed by atoms with Crippen LogP contribution in [0, 0.1) is 0 Å². The van der Waals surface area contributed by atoms with Gasteiger partial charge in [-0.3, -0.25) is 9.36 Å². The van der Waals surface area contributed by atoms with E-state index in [0.29, 0.717) is 23.3 Å². The molecule has 0 saturated carbocycles. The van der Waals surface area contributed by atoms with E-state index in [1.807, 2.05) is 41.0 Å². The van der Waals surface area contributed by atoms with Crippen molar-refractivity contribution in [1.29, 1.82) is 0 Å². The van der Waals surface area contributed by atoms with Gasteiger partial charge in [-0.05, 0) is 30.7 Å². The van der Waals surface area contributed by atoms with Crippen LogP contribution in [0.25, 0.3) is 11.4 Å². The zero-order chi connectivity index (χ0) is 19.2. The van der Waals surface area contributed by atoms with Crippen molar-refractivity contribution >= 4 is 28.9 Å². The zero-order valence-corrected chi connectivity index (χ0v) is 17.0. The number of thiophene rings is 1. The Balaban J connectivity index is 1.82. The minimum Gasteiger partial charge on any atom is -0.496 e. The van der Waals surface area contributed by atoms with E-state index in [1.165, 1.54) is 16.6 Å². The van der Waals surface area contributed by atoms with Crippen LogP contribution in [0.3, 0.4) is 0 Å². The molecular weight excluding hydrogens is 378 g/mol. The minimum absolute atomic E-state index is 0.108. The number of Topliss-reactive ketones (excluding diaryl/α,β-unsaturated/α-hetero) is 1. The minimum atomic E-state index is 0.108. The van der Waals surface area contributed by atoms with Crippen molar-refractivity contribution in [3.8, 4) is 17.1 Å². The molecule has 0 spiro atoms. The lowest BCUT2D eigenvalue weighted by atomic mass is 10.2. The number of ketones is 1. The molecule has 140 valence electrons. The molecule has 0 aliphatic carbocycles. The number of benzene rings is 1. The quantitative estimate of drug-likeness (QED) is 0.295. The number of aromatic nitrogens is 3. The predicted molar refractivity (Wildman–Crippen MR) is 111 cm³/mol. The number of thioether (sulfide) groups is 1. The lowest BCUT2D eigenvalue weighted by molar-refractivity contribution is 0.102. The molecule has 0 amide bonds. The van der Waals surface area contributed by atoms with Gasteiger partial charge in [0.1, 0.15) is 5.75 Å². The smallest absolute Gasteiger partial charge is 0.192 e.